The standard InChI is InChI=1S/C30H33ClF3N7O3/c1-16-9-25-22(14-39(16)27(42)20-5-6-24(31)23(10-20)30(32,33)34)26-28(43)40(13-17(2)41(26)37-25)19(4)21-11-35-29(36-12-21)38-7-8-44-15-18(38)3/h5-6,10-12,16-19H,7-9,13-15H2,1-4H3/t16-,17-,18+,19?/m1/s1. The second kappa shape index (κ2) is 11.3. The zero-order valence-corrected chi connectivity index (χ0v) is 25.6. The average Bonchev–Trinajstić information content (AvgIpc) is 3.37. The Labute approximate surface area is 257 Å². The van der Waals surface area contributed by atoms with E-state index in [0.717, 1.165) is 17.7 Å². The van der Waals surface area contributed by atoms with Crippen molar-refractivity contribution in [3.05, 3.63) is 69.3 Å². The Balaban J connectivity index is 1.26. The zero-order valence-electron chi connectivity index (χ0n) is 24.8. The number of hydrogen-bond acceptors (Lipinski definition) is 7. The summed E-state index contributed by atoms with van der Waals surface area (Å²) >= 11 is 5.78. The molecular formula is C30H33ClF3N7O3. The van der Waals surface area contributed by atoms with Crippen LogP contribution in [0.2, 0.25) is 5.02 Å². The molecule has 3 aliphatic rings. The van der Waals surface area contributed by atoms with Gasteiger partial charge in [0, 0.05) is 54.6 Å². The normalized spacial score (nSPS) is 23.0. The summed E-state index contributed by atoms with van der Waals surface area (Å²) in [6.45, 7) is 10.2. The summed E-state index contributed by atoms with van der Waals surface area (Å²) in [5, 5.41) is 4.29. The number of fused-ring (bicyclic) bond motifs is 3. The van der Waals surface area contributed by atoms with Crippen LogP contribution in [0.15, 0.2) is 30.6 Å². The van der Waals surface area contributed by atoms with E-state index in [0.29, 0.717) is 55.6 Å². The summed E-state index contributed by atoms with van der Waals surface area (Å²) in [6.07, 6.45) is -0.838. The fourth-order valence-electron chi connectivity index (χ4n) is 6.24. The third-order valence-corrected chi connectivity index (χ3v) is 9.12. The fourth-order valence-corrected chi connectivity index (χ4v) is 6.46. The first-order valence-electron chi connectivity index (χ1n) is 14.6. The van der Waals surface area contributed by atoms with Crippen molar-refractivity contribution < 1.29 is 27.5 Å². The number of anilines is 1. The third kappa shape index (κ3) is 5.29. The molecule has 44 heavy (non-hydrogen) atoms. The van der Waals surface area contributed by atoms with Crippen LogP contribution in [0.5, 0.6) is 0 Å². The van der Waals surface area contributed by atoms with E-state index in [9.17, 15) is 22.8 Å². The number of ether oxygens (including phenoxy) is 1. The van der Waals surface area contributed by atoms with Crippen LogP contribution in [0.4, 0.5) is 19.1 Å². The maximum Gasteiger partial charge on any atom is 0.417 e. The molecule has 0 aliphatic carbocycles. The van der Waals surface area contributed by atoms with Crippen LogP contribution in [-0.2, 0) is 23.9 Å². The van der Waals surface area contributed by atoms with Gasteiger partial charge in [0.1, 0.15) is 5.69 Å². The van der Waals surface area contributed by atoms with Crippen molar-refractivity contribution >= 4 is 29.4 Å². The molecule has 1 fully saturated rings. The second-order valence-electron chi connectivity index (χ2n) is 11.8. The van der Waals surface area contributed by atoms with Crippen molar-refractivity contribution in [2.45, 2.75) is 71.0 Å². The highest BCUT2D eigenvalue weighted by Gasteiger charge is 2.41. The van der Waals surface area contributed by atoms with E-state index >= 15 is 0 Å². The number of carbonyl (C=O) groups excluding carboxylic acids is 2. The van der Waals surface area contributed by atoms with Crippen LogP contribution in [0.3, 0.4) is 0 Å². The number of hydrogen-bond donors (Lipinski definition) is 0. The van der Waals surface area contributed by atoms with Gasteiger partial charge in [0.2, 0.25) is 5.95 Å². The Bertz CT molecular complexity index is 1600. The molecule has 1 saturated heterocycles. The first-order chi connectivity index (χ1) is 20.8. The molecule has 1 unspecified atom stereocenters. The van der Waals surface area contributed by atoms with Gasteiger partial charge in [-0.3, -0.25) is 14.3 Å². The summed E-state index contributed by atoms with van der Waals surface area (Å²) in [7, 11) is 0. The van der Waals surface area contributed by atoms with Gasteiger partial charge in [0.05, 0.1) is 54.2 Å². The Morgan fingerprint density at radius 2 is 1.84 bits per heavy atom. The number of halogens is 4. The van der Waals surface area contributed by atoms with Crippen LogP contribution in [-0.4, -0.2) is 79.7 Å². The fraction of sp³-hybridized carbons (Fsp3) is 0.500. The van der Waals surface area contributed by atoms with Gasteiger partial charge in [-0.05, 0) is 45.9 Å². The Kier molecular flexibility index (Phi) is 7.81. The minimum absolute atomic E-state index is 0.0465. The van der Waals surface area contributed by atoms with Gasteiger partial charge in [-0.25, -0.2) is 9.97 Å². The second-order valence-corrected chi connectivity index (χ2v) is 12.2. The summed E-state index contributed by atoms with van der Waals surface area (Å²) in [5.41, 5.74) is 1.31. The lowest BCUT2D eigenvalue weighted by molar-refractivity contribution is -0.137. The number of rotatable bonds is 4. The van der Waals surface area contributed by atoms with E-state index < -0.39 is 22.7 Å². The van der Waals surface area contributed by atoms with E-state index in [1.165, 1.54) is 11.0 Å². The van der Waals surface area contributed by atoms with Gasteiger partial charge in [0.15, 0.2) is 0 Å². The highest BCUT2D eigenvalue weighted by molar-refractivity contribution is 6.31. The Morgan fingerprint density at radius 1 is 1.11 bits per heavy atom. The topological polar surface area (TPSA) is 96.7 Å². The van der Waals surface area contributed by atoms with Crippen molar-refractivity contribution in [3.63, 3.8) is 0 Å². The van der Waals surface area contributed by atoms with Gasteiger partial charge in [-0.15, -0.1) is 0 Å². The summed E-state index contributed by atoms with van der Waals surface area (Å²) in [6, 6.07) is 2.49. The summed E-state index contributed by atoms with van der Waals surface area (Å²) in [5.74, 6) is -0.189. The van der Waals surface area contributed by atoms with Gasteiger partial charge < -0.3 is 19.4 Å². The highest BCUT2D eigenvalue weighted by Crippen LogP contribution is 2.37. The molecule has 10 nitrogen and oxygen atoms in total. The molecule has 5 heterocycles. The van der Waals surface area contributed by atoms with Gasteiger partial charge >= 0.3 is 6.18 Å². The van der Waals surface area contributed by atoms with Crippen LogP contribution in [0, 0.1) is 0 Å². The largest absolute Gasteiger partial charge is 0.417 e. The summed E-state index contributed by atoms with van der Waals surface area (Å²) < 4.78 is 47.7. The van der Waals surface area contributed by atoms with Crippen LogP contribution in [0.1, 0.15) is 83.0 Å². The first-order valence-corrected chi connectivity index (χ1v) is 15.0. The van der Waals surface area contributed by atoms with Crippen LogP contribution in [0.25, 0.3) is 0 Å². The molecule has 2 aromatic heterocycles. The smallest absolute Gasteiger partial charge is 0.377 e. The maximum atomic E-state index is 14.0. The van der Waals surface area contributed by atoms with Gasteiger partial charge in [0.25, 0.3) is 11.8 Å². The number of morpholine rings is 1. The molecule has 234 valence electrons. The predicted molar refractivity (Wildman–Crippen MR) is 156 cm³/mol. The molecule has 0 radical (unpaired) electrons. The molecule has 1 aromatic carbocycles. The lowest BCUT2D eigenvalue weighted by Gasteiger charge is -2.37. The Morgan fingerprint density at radius 3 is 2.52 bits per heavy atom. The number of aromatic nitrogens is 4. The van der Waals surface area contributed by atoms with E-state index in [-0.39, 0.29) is 42.2 Å². The van der Waals surface area contributed by atoms with Crippen molar-refractivity contribution in [1.82, 2.24) is 29.5 Å². The highest BCUT2D eigenvalue weighted by atomic mass is 35.5. The average molecular weight is 632 g/mol. The molecule has 14 heteroatoms. The third-order valence-electron chi connectivity index (χ3n) is 8.80. The van der Waals surface area contributed by atoms with Crippen LogP contribution >= 0.6 is 11.6 Å². The van der Waals surface area contributed by atoms with Crippen molar-refractivity contribution in [1.29, 1.82) is 0 Å². The lowest BCUT2D eigenvalue weighted by Crippen LogP contribution is -2.46. The minimum atomic E-state index is -4.70. The molecule has 3 aliphatic heterocycles. The molecule has 4 atom stereocenters. The zero-order chi connectivity index (χ0) is 31.5. The van der Waals surface area contributed by atoms with Crippen LogP contribution < -0.4 is 4.90 Å². The van der Waals surface area contributed by atoms with E-state index in [1.807, 2.05) is 20.8 Å². The monoisotopic (exact) mass is 631 g/mol. The van der Waals surface area contributed by atoms with E-state index in [1.54, 1.807) is 22.0 Å². The molecule has 0 saturated carbocycles. The number of carbonyl (C=O) groups is 2. The van der Waals surface area contributed by atoms with Crippen molar-refractivity contribution in [2.75, 3.05) is 31.2 Å². The molecule has 0 N–H and O–H groups in total. The van der Waals surface area contributed by atoms with Crippen molar-refractivity contribution in [3.8, 4) is 0 Å². The van der Waals surface area contributed by atoms with Gasteiger partial charge in [-0.2, -0.15) is 18.3 Å². The summed E-state index contributed by atoms with van der Waals surface area (Å²) in [4.78, 5) is 42.1. The first kappa shape index (κ1) is 30.3. The molecule has 0 spiro atoms. The van der Waals surface area contributed by atoms with E-state index in [2.05, 4.69) is 21.8 Å². The molecular weight excluding hydrogens is 599 g/mol. The lowest BCUT2D eigenvalue weighted by atomic mass is 9.96. The van der Waals surface area contributed by atoms with Gasteiger partial charge in [-0.1, -0.05) is 11.6 Å². The number of alkyl halides is 3. The van der Waals surface area contributed by atoms with Crippen molar-refractivity contribution in [2.24, 2.45) is 0 Å². The van der Waals surface area contributed by atoms with E-state index in [4.69, 9.17) is 21.4 Å². The SMILES string of the molecule is CC(c1cnc(N2CCOC[C@@H]2C)nc1)N1C[C@@H](C)n2nc3c(c2C1=O)CN(C(=O)c1ccc(Cl)c(C(F)(F)F)c1)[C@H](C)C3. The molecule has 2 amide bonds. The maximum absolute atomic E-state index is 14.0. The predicted octanol–water partition coefficient (Wildman–Crippen LogP) is 4.94. The molecule has 0 bridgehead atoms. The number of benzene rings is 1. The number of amides is 2. The number of nitrogens with zero attached hydrogens (tertiary/aromatic N) is 7. The Hall–Kier alpha value is -3.71. The molecule has 6 rings (SSSR count). The minimum Gasteiger partial charge on any atom is -0.377 e. The quantitative estimate of drug-likeness (QED) is 0.403. The molecule has 3 aromatic rings.